The minimum absolute atomic E-state index is 0.125. The Morgan fingerprint density at radius 3 is 2.42 bits per heavy atom. The smallest absolute Gasteiger partial charge is 0.243 e. The quantitative estimate of drug-likeness (QED) is 0.269. The Hall–Kier alpha value is -4.04. The van der Waals surface area contributed by atoms with Crippen molar-refractivity contribution < 1.29 is 31.8 Å². The lowest BCUT2D eigenvalue weighted by molar-refractivity contribution is 0.0469. The van der Waals surface area contributed by atoms with Crippen LogP contribution in [-0.2, 0) is 25.1 Å². The molecular formula is C24H29FN6O6S. The molecule has 0 bridgehead atoms. The molecule has 0 unspecified atom stereocenters. The van der Waals surface area contributed by atoms with Crippen molar-refractivity contribution in [3.05, 3.63) is 72.2 Å². The Morgan fingerprint density at radius 2 is 1.92 bits per heavy atom. The summed E-state index contributed by atoms with van der Waals surface area (Å²) >= 11 is 0. The number of methoxy groups -OCH3 is 2. The zero-order valence-corrected chi connectivity index (χ0v) is 22.6. The van der Waals surface area contributed by atoms with Gasteiger partial charge in [0.05, 0.1) is 26.6 Å². The molecule has 3 aromatic rings. The van der Waals surface area contributed by atoms with Crippen LogP contribution in [0.25, 0.3) is 17.3 Å². The number of anilines is 1. The number of allylic oxidation sites excluding steroid dienone is 3. The number of aliphatic hydroxyl groups is 1. The van der Waals surface area contributed by atoms with Crippen LogP contribution in [-0.4, -0.2) is 57.7 Å². The summed E-state index contributed by atoms with van der Waals surface area (Å²) < 4.78 is 60.8. The van der Waals surface area contributed by atoms with E-state index in [1.807, 2.05) is 0 Å². The number of nitrogens with one attached hydrogen (secondary N) is 1. The second-order valence-electron chi connectivity index (χ2n) is 8.23. The molecular weight excluding hydrogens is 519 g/mol. The first-order valence-electron chi connectivity index (χ1n) is 11.3. The van der Waals surface area contributed by atoms with Gasteiger partial charge < -0.3 is 19.0 Å². The molecule has 0 aliphatic heterocycles. The molecule has 3 rings (SSSR count). The van der Waals surface area contributed by atoms with Crippen molar-refractivity contribution in [1.82, 2.24) is 24.7 Å². The van der Waals surface area contributed by atoms with Crippen molar-refractivity contribution in [2.24, 2.45) is 0 Å². The number of hydrogen-bond donors (Lipinski definition) is 2. The molecule has 0 aliphatic rings. The van der Waals surface area contributed by atoms with Gasteiger partial charge in [-0.15, -0.1) is 10.2 Å². The molecule has 3 heterocycles. The number of halogens is 1. The van der Waals surface area contributed by atoms with Crippen LogP contribution in [0.5, 0.6) is 0 Å². The number of nitrogens with zero attached hydrogens (tertiary/aromatic N) is 5. The highest BCUT2D eigenvalue weighted by Crippen LogP contribution is 2.34. The Labute approximate surface area is 219 Å². The molecule has 0 radical (unpaired) electrons. The molecule has 3 aromatic heterocycles. The lowest BCUT2D eigenvalue weighted by Crippen LogP contribution is -2.44. The summed E-state index contributed by atoms with van der Waals surface area (Å²) in [5.74, 6) is 0.202. The SMILES string of the molecule is C=C/C(OC)=C(\C(=C/C)OC)n1c(NS(=O)(=O)[C@H](C)[C@](C)(O)c2ncc(F)cn2)nnc1-c1ccc(C)o1. The molecule has 0 spiro atoms. The normalized spacial score (nSPS) is 15.3. The summed E-state index contributed by atoms with van der Waals surface area (Å²) in [5.41, 5.74) is -1.88. The molecule has 0 amide bonds. The van der Waals surface area contributed by atoms with Crippen molar-refractivity contribution in [2.45, 2.75) is 38.5 Å². The van der Waals surface area contributed by atoms with Crippen molar-refractivity contribution in [3.8, 4) is 11.6 Å². The highest BCUT2D eigenvalue weighted by Gasteiger charge is 2.43. The van der Waals surface area contributed by atoms with Gasteiger partial charge in [-0.2, -0.15) is 0 Å². The van der Waals surface area contributed by atoms with Crippen LogP contribution in [0.2, 0.25) is 0 Å². The molecule has 204 valence electrons. The molecule has 12 nitrogen and oxygen atoms in total. The number of sulfonamides is 1. The first-order valence-corrected chi connectivity index (χ1v) is 12.8. The molecule has 0 aliphatic carbocycles. The molecule has 14 heteroatoms. The van der Waals surface area contributed by atoms with Gasteiger partial charge in [0.25, 0.3) is 0 Å². The average molecular weight is 549 g/mol. The highest BCUT2D eigenvalue weighted by molar-refractivity contribution is 7.93. The Bertz CT molecular complexity index is 1470. The summed E-state index contributed by atoms with van der Waals surface area (Å²) in [5, 5.41) is 17.7. The van der Waals surface area contributed by atoms with E-state index in [-0.39, 0.29) is 40.6 Å². The fourth-order valence-electron chi connectivity index (χ4n) is 3.52. The molecule has 0 saturated heterocycles. The Balaban J connectivity index is 2.20. The molecule has 0 saturated carbocycles. The van der Waals surface area contributed by atoms with Gasteiger partial charge >= 0.3 is 0 Å². The van der Waals surface area contributed by atoms with Gasteiger partial charge in [-0.25, -0.2) is 22.8 Å². The standard InChI is InChI=1S/C24H29FN6O6S/c1-8-17(35-6)20(18(9-2)36-7)31-21(19-11-10-14(3)37-19)28-29-23(31)30-38(33,34)15(4)24(5,32)22-26-12-16(25)13-27-22/h8-13,15,32H,1H2,2-7H3,(H,29,30)/b18-9+,20-17-/t15-,24+/m1/s1. The fourth-order valence-corrected chi connectivity index (χ4v) is 4.79. The zero-order valence-electron chi connectivity index (χ0n) is 21.8. The van der Waals surface area contributed by atoms with Crippen LogP contribution in [0.1, 0.15) is 32.4 Å². The van der Waals surface area contributed by atoms with Gasteiger partial charge in [-0.05, 0) is 52.0 Å². The van der Waals surface area contributed by atoms with Crippen molar-refractivity contribution in [2.75, 3.05) is 18.9 Å². The Kier molecular flexibility index (Phi) is 8.37. The van der Waals surface area contributed by atoms with Crippen LogP contribution in [0.3, 0.4) is 0 Å². The minimum atomic E-state index is -4.40. The molecule has 38 heavy (non-hydrogen) atoms. The van der Waals surface area contributed by atoms with Crippen LogP contribution in [0.4, 0.5) is 10.3 Å². The van der Waals surface area contributed by atoms with E-state index in [2.05, 4.69) is 31.5 Å². The number of ether oxygens (including phenoxy) is 2. The van der Waals surface area contributed by atoms with E-state index in [0.717, 1.165) is 12.4 Å². The van der Waals surface area contributed by atoms with Gasteiger partial charge in [-0.1, -0.05) is 6.58 Å². The first kappa shape index (κ1) is 28.5. The maximum atomic E-state index is 13.5. The van der Waals surface area contributed by atoms with Crippen LogP contribution in [0, 0.1) is 12.7 Å². The van der Waals surface area contributed by atoms with Crippen molar-refractivity contribution in [3.63, 3.8) is 0 Å². The highest BCUT2D eigenvalue weighted by atomic mass is 32.2. The fraction of sp³-hybridized carbons (Fsp3) is 0.333. The minimum Gasteiger partial charge on any atom is -0.495 e. The predicted molar refractivity (Wildman–Crippen MR) is 137 cm³/mol. The van der Waals surface area contributed by atoms with Crippen molar-refractivity contribution in [1.29, 1.82) is 0 Å². The summed E-state index contributed by atoms with van der Waals surface area (Å²) in [6.07, 6.45) is 4.71. The second kappa shape index (κ2) is 11.1. The molecule has 0 fully saturated rings. The third-order valence-electron chi connectivity index (χ3n) is 5.77. The van der Waals surface area contributed by atoms with E-state index in [0.29, 0.717) is 5.76 Å². The third-order valence-corrected chi connectivity index (χ3v) is 7.62. The lowest BCUT2D eigenvalue weighted by Gasteiger charge is -2.28. The van der Waals surface area contributed by atoms with E-state index in [9.17, 15) is 17.9 Å². The summed E-state index contributed by atoms with van der Waals surface area (Å²) in [6.45, 7) is 9.68. The molecule has 2 atom stereocenters. The van der Waals surface area contributed by atoms with E-state index < -0.39 is 26.7 Å². The first-order chi connectivity index (χ1) is 17.9. The largest absolute Gasteiger partial charge is 0.495 e. The number of hydrogen-bond acceptors (Lipinski definition) is 10. The zero-order chi connectivity index (χ0) is 28.3. The van der Waals surface area contributed by atoms with E-state index in [1.54, 1.807) is 32.1 Å². The third kappa shape index (κ3) is 5.45. The maximum Gasteiger partial charge on any atom is 0.243 e. The predicted octanol–water partition coefficient (Wildman–Crippen LogP) is 3.36. The van der Waals surface area contributed by atoms with E-state index >= 15 is 0 Å². The topological polar surface area (TPSA) is 154 Å². The van der Waals surface area contributed by atoms with Crippen LogP contribution < -0.4 is 4.72 Å². The summed E-state index contributed by atoms with van der Waals surface area (Å²) in [6, 6.07) is 3.36. The van der Waals surface area contributed by atoms with Gasteiger partial charge in [0.1, 0.15) is 33.8 Å². The molecule has 2 N–H and O–H groups in total. The van der Waals surface area contributed by atoms with E-state index in [1.165, 1.54) is 38.7 Å². The lowest BCUT2D eigenvalue weighted by atomic mass is 10.0. The summed E-state index contributed by atoms with van der Waals surface area (Å²) in [7, 11) is -1.57. The molecule has 0 aromatic carbocycles. The summed E-state index contributed by atoms with van der Waals surface area (Å²) in [4.78, 5) is 7.48. The average Bonchev–Trinajstić information content (AvgIpc) is 3.49. The second-order valence-corrected chi connectivity index (χ2v) is 10.2. The van der Waals surface area contributed by atoms with Crippen molar-refractivity contribution >= 4 is 21.7 Å². The van der Waals surface area contributed by atoms with Crippen LogP contribution in [0.15, 0.2) is 59.2 Å². The number of rotatable bonds is 11. The number of furan rings is 1. The van der Waals surface area contributed by atoms with Gasteiger partial charge in [0, 0.05) is 0 Å². The van der Waals surface area contributed by atoms with Gasteiger partial charge in [-0.3, -0.25) is 9.29 Å². The monoisotopic (exact) mass is 548 g/mol. The number of aromatic nitrogens is 5. The van der Waals surface area contributed by atoms with E-state index in [4.69, 9.17) is 13.9 Å². The Morgan fingerprint density at radius 1 is 1.26 bits per heavy atom. The maximum absolute atomic E-state index is 13.5. The van der Waals surface area contributed by atoms with Gasteiger partial charge in [0.2, 0.25) is 21.8 Å². The van der Waals surface area contributed by atoms with Gasteiger partial charge in [0.15, 0.2) is 17.4 Å². The van der Waals surface area contributed by atoms with Crippen LogP contribution >= 0.6 is 0 Å². The number of aryl methyl sites for hydroxylation is 1.